The highest BCUT2D eigenvalue weighted by Gasteiger charge is 2.09. The van der Waals surface area contributed by atoms with Crippen LogP contribution in [0, 0.1) is 0 Å². The van der Waals surface area contributed by atoms with Crippen LogP contribution in [0.5, 0.6) is 5.75 Å². The van der Waals surface area contributed by atoms with Gasteiger partial charge in [-0.15, -0.1) is 28.7 Å². The second-order valence-electron chi connectivity index (χ2n) is 10.5. The molecule has 0 saturated carbocycles. The molecule has 1 heterocycles. The smallest absolute Gasteiger partial charge is 0.255 e. The Bertz CT molecular complexity index is 951. The van der Waals surface area contributed by atoms with E-state index in [0.717, 1.165) is 36.9 Å². The van der Waals surface area contributed by atoms with Gasteiger partial charge in [0.2, 0.25) is 0 Å². The van der Waals surface area contributed by atoms with Crippen molar-refractivity contribution in [3.05, 3.63) is 71.3 Å². The van der Waals surface area contributed by atoms with Crippen molar-refractivity contribution in [3.8, 4) is 5.75 Å². The molecule has 2 aromatic rings. The summed E-state index contributed by atoms with van der Waals surface area (Å²) in [5.74, 6) is 1.70. The largest absolute Gasteiger partial charge is 0.494 e. The van der Waals surface area contributed by atoms with E-state index < -0.39 is 0 Å². The maximum absolute atomic E-state index is 12.7. The predicted molar refractivity (Wildman–Crippen MR) is 174 cm³/mol. The van der Waals surface area contributed by atoms with E-state index in [0.29, 0.717) is 5.56 Å². The standard InChI is InChI=1S/C33H48N2O2S.BrH/c1-2-3-4-5-6-7-8-9-10-11-12-13-14-15-24-37-32-18-16-17-31(26-32)34-33(36)30-21-19-29(20-22-30)27-35-23-25-38-28-35;/h16-23,25-26H,2-15,24,27-28H2,1H3,(H,34,36);1H. The second kappa shape index (κ2) is 20.9. The summed E-state index contributed by atoms with van der Waals surface area (Å²) in [6.45, 7) is 3.87. The Morgan fingerprint density at radius 1 is 0.846 bits per heavy atom. The molecule has 0 fully saturated rings. The number of nitrogens with one attached hydrogen (secondary N) is 1. The molecule has 0 spiro atoms. The molecule has 2 aromatic carbocycles. The van der Waals surface area contributed by atoms with E-state index in [1.54, 1.807) is 11.8 Å². The Kier molecular flexibility index (Phi) is 17.8. The van der Waals surface area contributed by atoms with E-state index in [9.17, 15) is 4.79 Å². The summed E-state index contributed by atoms with van der Waals surface area (Å²) in [5.41, 5.74) is 2.62. The molecule has 0 aromatic heterocycles. The van der Waals surface area contributed by atoms with Crippen LogP contribution in [-0.4, -0.2) is 23.3 Å². The van der Waals surface area contributed by atoms with Gasteiger partial charge in [0.25, 0.3) is 5.91 Å². The fourth-order valence-corrected chi connectivity index (χ4v) is 5.47. The Morgan fingerprint density at radius 2 is 1.46 bits per heavy atom. The number of halogens is 1. The van der Waals surface area contributed by atoms with Crippen LogP contribution in [0.1, 0.15) is 113 Å². The van der Waals surface area contributed by atoms with Gasteiger partial charge in [-0.3, -0.25) is 4.79 Å². The molecule has 1 aliphatic heterocycles. The normalized spacial score (nSPS) is 12.4. The molecule has 1 N–H and O–H groups in total. The molecule has 6 heteroatoms. The van der Waals surface area contributed by atoms with E-state index in [2.05, 4.69) is 28.7 Å². The van der Waals surface area contributed by atoms with Gasteiger partial charge < -0.3 is 15.0 Å². The van der Waals surface area contributed by atoms with Crippen molar-refractivity contribution in [2.75, 3.05) is 17.8 Å². The van der Waals surface area contributed by atoms with E-state index in [1.807, 2.05) is 48.5 Å². The van der Waals surface area contributed by atoms with Crippen molar-refractivity contribution >= 4 is 40.3 Å². The Morgan fingerprint density at radius 3 is 2.05 bits per heavy atom. The summed E-state index contributed by atoms with van der Waals surface area (Å²) in [6, 6.07) is 15.6. The zero-order valence-corrected chi connectivity index (χ0v) is 26.4. The summed E-state index contributed by atoms with van der Waals surface area (Å²) in [6.07, 6.45) is 21.1. The molecule has 4 nitrogen and oxygen atoms in total. The van der Waals surface area contributed by atoms with Gasteiger partial charge in [0, 0.05) is 30.1 Å². The van der Waals surface area contributed by atoms with Gasteiger partial charge >= 0.3 is 0 Å². The minimum absolute atomic E-state index is 0. The first-order valence-electron chi connectivity index (χ1n) is 14.9. The summed E-state index contributed by atoms with van der Waals surface area (Å²) in [5, 5.41) is 5.11. The average molecular weight is 618 g/mol. The predicted octanol–water partition coefficient (Wildman–Crippen LogP) is 10.4. The number of nitrogens with zero attached hydrogens (tertiary/aromatic N) is 1. The monoisotopic (exact) mass is 616 g/mol. The minimum Gasteiger partial charge on any atom is -0.494 e. The summed E-state index contributed by atoms with van der Waals surface area (Å²) >= 11 is 1.80. The number of ether oxygens (including phenoxy) is 1. The maximum atomic E-state index is 12.7. The number of hydrogen-bond acceptors (Lipinski definition) is 4. The third-order valence-corrected chi connectivity index (χ3v) is 7.86. The van der Waals surface area contributed by atoms with Gasteiger partial charge in [-0.2, -0.15) is 0 Å². The van der Waals surface area contributed by atoms with Crippen molar-refractivity contribution in [1.29, 1.82) is 0 Å². The number of carbonyl (C=O) groups excluding carboxylic acids is 1. The third-order valence-electron chi connectivity index (χ3n) is 7.07. The third kappa shape index (κ3) is 14.3. The van der Waals surface area contributed by atoms with Crippen LogP contribution in [0.25, 0.3) is 0 Å². The van der Waals surface area contributed by atoms with E-state index >= 15 is 0 Å². The summed E-state index contributed by atoms with van der Waals surface area (Å²) in [4.78, 5) is 15.0. The highest BCUT2D eigenvalue weighted by Crippen LogP contribution is 2.21. The van der Waals surface area contributed by atoms with E-state index in [4.69, 9.17) is 4.74 Å². The van der Waals surface area contributed by atoms with E-state index in [1.165, 1.54) is 89.0 Å². The lowest BCUT2D eigenvalue weighted by Gasteiger charge is -2.14. The first-order chi connectivity index (χ1) is 18.7. The number of unbranched alkanes of at least 4 members (excludes halogenated alkanes) is 13. The Labute approximate surface area is 252 Å². The van der Waals surface area contributed by atoms with Gasteiger partial charge in [-0.05, 0) is 41.7 Å². The number of anilines is 1. The average Bonchev–Trinajstić information content (AvgIpc) is 3.44. The quantitative estimate of drug-likeness (QED) is 0.150. The topological polar surface area (TPSA) is 41.6 Å². The van der Waals surface area contributed by atoms with Crippen LogP contribution in [0.3, 0.4) is 0 Å². The number of hydrogen-bond donors (Lipinski definition) is 1. The first-order valence-corrected chi connectivity index (χ1v) is 15.9. The highest BCUT2D eigenvalue weighted by molar-refractivity contribution is 8.93. The van der Waals surface area contributed by atoms with Crippen LogP contribution in [0.4, 0.5) is 5.69 Å². The van der Waals surface area contributed by atoms with Gasteiger partial charge in [0.1, 0.15) is 5.75 Å². The van der Waals surface area contributed by atoms with Gasteiger partial charge in [0.15, 0.2) is 0 Å². The second-order valence-corrected chi connectivity index (χ2v) is 11.3. The Hall–Kier alpha value is -1.92. The molecule has 0 radical (unpaired) electrons. The van der Waals surface area contributed by atoms with Crippen molar-refractivity contribution < 1.29 is 9.53 Å². The molecular weight excluding hydrogens is 568 g/mol. The van der Waals surface area contributed by atoms with Gasteiger partial charge in [-0.25, -0.2) is 0 Å². The van der Waals surface area contributed by atoms with Crippen molar-refractivity contribution in [2.24, 2.45) is 0 Å². The zero-order valence-electron chi connectivity index (χ0n) is 23.9. The number of benzene rings is 2. The number of thioether (sulfide) groups is 1. The maximum Gasteiger partial charge on any atom is 0.255 e. The summed E-state index contributed by atoms with van der Waals surface area (Å²) in [7, 11) is 0. The minimum atomic E-state index is -0.0997. The molecule has 3 rings (SSSR count). The van der Waals surface area contributed by atoms with Crippen LogP contribution in [-0.2, 0) is 6.54 Å². The van der Waals surface area contributed by atoms with Crippen molar-refractivity contribution in [3.63, 3.8) is 0 Å². The van der Waals surface area contributed by atoms with Crippen LogP contribution < -0.4 is 10.1 Å². The van der Waals surface area contributed by atoms with E-state index in [-0.39, 0.29) is 22.9 Å². The Balaban J connectivity index is 0.00000533. The van der Waals surface area contributed by atoms with Crippen LogP contribution in [0.15, 0.2) is 60.1 Å². The highest BCUT2D eigenvalue weighted by atomic mass is 79.9. The fraction of sp³-hybridized carbons (Fsp3) is 0.545. The molecule has 39 heavy (non-hydrogen) atoms. The lowest BCUT2D eigenvalue weighted by Crippen LogP contribution is -2.14. The van der Waals surface area contributed by atoms with Crippen LogP contribution >= 0.6 is 28.7 Å². The van der Waals surface area contributed by atoms with Gasteiger partial charge in [0.05, 0.1) is 12.5 Å². The molecule has 0 aliphatic carbocycles. The molecule has 0 unspecified atom stereocenters. The molecule has 0 saturated heterocycles. The molecule has 1 amide bonds. The summed E-state index contributed by atoms with van der Waals surface area (Å²) < 4.78 is 5.96. The number of carbonyl (C=O) groups is 1. The molecule has 0 atom stereocenters. The SMILES string of the molecule is Br.CCCCCCCCCCCCCCCCOc1cccc(NC(=O)c2ccc(CN3C=CSC3)cc2)c1. The molecule has 216 valence electrons. The first kappa shape index (κ1) is 33.3. The van der Waals surface area contributed by atoms with Gasteiger partial charge in [-0.1, -0.05) is 109 Å². The van der Waals surface area contributed by atoms with Crippen molar-refractivity contribution in [1.82, 2.24) is 4.90 Å². The fourth-order valence-electron chi connectivity index (χ4n) is 4.76. The lowest BCUT2D eigenvalue weighted by molar-refractivity contribution is 0.102. The molecule has 0 bridgehead atoms. The van der Waals surface area contributed by atoms with Crippen LogP contribution in [0.2, 0.25) is 0 Å². The molecule has 1 aliphatic rings. The molecular formula is C33H49BrN2O2S. The van der Waals surface area contributed by atoms with Crippen molar-refractivity contribution in [2.45, 2.75) is 103 Å². The number of amides is 1. The lowest BCUT2D eigenvalue weighted by atomic mass is 10.0. The zero-order chi connectivity index (χ0) is 26.7. The number of rotatable bonds is 20.